The summed E-state index contributed by atoms with van der Waals surface area (Å²) < 4.78 is 18.0. The Morgan fingerprint density at radius 1 is 0.938 bits per heavy atom. The Morgan fingerprint density at radius 3 is 2.16 bits per heavy atom. The van der Waals surface area contributed by atoms with Gasteiger partial charge in [-0.05, 0) is 54.6 Å². The average molecular weight is 453 g/mol. The lowest BCUT2D eigenvalue weighted by atomic mass is 10.1. The van der Waals surface area contributed by atoms with Gasteiger partial charge >= 0.3 is 5.97 Å². The second kappa shape index (κ2) is 8.60. The number of anilines is 2. The van der Waals surface area contributed by atoms with Crippen molar-refractivity contribution in [2.24, 2.45) is 0 Å². The molecule has 32 heavy (non-hydrogen) atoms. The summed E-state index contributed by atoms with van der Waals surface area (Å²) in [5, 5.41) is 2.42. The summed E-state index contributed by atoms with van der Waals surface area (Å²) in [6.07, 6.45) is 0. The highest BCUT2D eigenvalue weighted by atomic mass is 35.5. The van der Waals surface area contributed by atoms with Crippen LogP contribution in [0.5, 0.6) is 0 Å². The van der Waals surface area contributed by atoms with Gasteiger partial charge in [0, 0.05) is 0 Å². The molecule has 9 heteroatoms. The Balaban J connectivity index is 1.38. The number of benzene rings is 3. The zero-order valence-electron chi connectivity index (χ0n) is 16.3. The first-order valence-electron chi connectivity index (χ1n) is 9.35. The van der Waals surface area contributed by atoms with E-state index in [1.54, 1.807) is 24.3 Å². The minimum atomic E-state index is -0.778. The molecule has 0 fully saturated rings. The molecule has 0 radical (unpaired) electrons. The molecule has 3 amide bonds. The Hall–Kier alpha value is -4.04. The molecule has 1 N–H and O–H groups in total. The normalized spacial score (nSPS) is 12.5. The summed E-state index contributed by atoms with van der Waals surface area (Å²) in [6.45, 7) is -0.591. The van der Waals surface area contributed by atoms with Crippen LogP contribution in [0.2, 0.25) is 5.02 Å². The van der Waals surface area contributed by atoms with E-state index < -0.39 is 36.1 Å². The Kier molecular flexibility index (Phi) is 5.70. The molecule has 0 atom stereocenters. The standard InChI is InChI=1S/C23H14ClFN2O5/c24-18-11-14(25)7-10-19(18)26-20(28)12-32-23(31)13-5-8-15(9-6-13)27-21(29)16-3-1-2-4-17(16)22(27)30/h1-11H,12H2,(H,26,28). The second-order valence-electron chi connectivity index (χ2n) is 6.79. The first-order chi connectivity index (χ1) is 15.3. The smallest absolute Gasteiger partial charge is 0.338 e. The minimum absolute atomic E-state index is 0.00780. The van der Waals surface area contributed by atoms with Gasteiger partial charge in [-0.1, -0.05) is 23.7 Å². The maximum absolute atomic E-state index is 13.1. The number of nitrogens with zero attached hydrogens (tertiary/aromatic N) is 1. The van der Waals surface area contributed by atoms with Crippen LogP contribution >= 0.6 is 11.6 Å². The van der Waals surface area contributed by atoms with Crippen molar-refractivity contribution in [2.75, 3.05) is 16.8 Å². The minimum Gasteiger partial charge on any atom is -0.452 e. The predicted octanol–water partition coefficient (Wildman–Crippen LogP) is 4.08. The van der Waals surface area contributed by atoms with Crippen LogP contribution in [-0.4, -0.2) is 30.3 Å². The quantitative estimate of drug-likeness (QED) is 0.465. The molecule has 0 aromatic heterocycles. The molecule has 1 aliphatic rings. The summed E-state index contributed by atoms with van der Waals surface area (Å²) in [4.78, 5) is 50.3. The first-order valence-corrected chi connectivity index (χ1v) is 9.73. The summed E-state index contributed by atoms with van der Waals surface area (Å²) in [5.74, 6) is -2.88. The van der Waals surface area contributed by atoms with Crippen molar-refractivity contribution in [1.82, 2.24) is 0 Å². The number of carbonyl (C=O) groups excluding carboxylic acids is 4. The second-order valence-corrected chi connectivity index (χ2v) is 7.19. The van der Waals surface area contributed by atoms with Crippen LogP contribution in [0.15, 0.2) is 66.7 Å². The summed E-state index contributed by atoms with van der Waals surface area (Å²) in [5.41, 5.74) is 1.23. The van der Waals surface area contributed by atoms with Gasteiger partial charge in [-0.2, -0.15) is 0 Å². The molecule has 1 heterocycles. The first kappa shape index (κ1) is 21.2. The molecule has 0 bridgehead atoms. The lowest BCUT2D eigenvalue weighted by Crippen LogP contribution is -2.29. The molecule has 7 nitrogen and oxygen atoms in total. The highest BCUT2D eigenvalue weighted by Gasteiger charge is 2.36. The fourth-order valence-electron chi connectivity index (χ4n) is 3.16. The van der Waals surface area contributed by atoms with Gasteiger partial charge in [-0.15, -0.1) is 0 Å². The van der Waals surface area contributed by atoms with Crippen LogP contribution in [0, 0.1) is 5.82 Å². The van der Waals surface area contributed by atoms with E-state index in [1.165, 1.54) is 30.3 Å². The van der Waals surface area contributed by atoms with Crippen molar-refractivity contribution >= 4 is 46.7 Å². The monoisotopic (exact) mass is 452 g/mol. The van der Waals surface area contributed by atoms with E-state index in [2.05, 4.69) is 5.32 Å². The van der Waals surface area contributed by atoms with E-state index in [0.717, 1.165) is 17.0 Å². The fraction of sp³-hybridized carbons (Fsp3) is 0.0435. The number of halogens is 2. The number of hydrogen-bond acceptors (Lipinski definition) is 5. The van der Waals surface area contributed by atoms with Crippen molar-refractivity contribution in [1.29, 1.82) is 0 Å². The fourth-order valence-corrected chi connectivity index (χ4v) is 3.38. The molecule has 3 aromatic carbocycles. The van der Waals surface area contributed by atoms with Crippen LogP contribution in [0.3, 0.4) is 0 Å². The van der Waals surface area contributed by atoms with Crippen molar-refractivity contribution in [3.8, 4) is 0 Å². The van der Waals surface area contributed by atoms with Crippen LogP contribution in [0.1, 0.15) is 31.1 Å². The van der Waals surface area contributed by atoms with E-state index in [1.807, 2.05) is 0 Å². The number of carbonyl (C=O) groups is 4. The highest BCUT2D eigenvalue weighted by Crippen LogP contribution is 2.28. The van der Waals surface area contributed by atoms with E-state index in [9.17, 15) is 23.6 Å². The molecule has 0 saturated carbocycles. The number of imide groups is 1. The highest BCUT2D eigenvalue weighted by molar-refractivity contribution is 6.34. The van der Waals surface area contributed by atoms with Crippen molar-refractivity contribution in [3.63, 3.8) is 0 Å². The van der Waals surface area contributed by atoms with Gasteiger partial charge in [0.15, 0.2) is 6.61 Å². The van der Waals surface area contributed by atoms with Crippen molar-refractivity contribution in [2.45, 2.75) is 0 Å². The predicted molar refractivity (Wildman–Crippen MR) is 114 cm³/mol. The average Bonchev–Trinajstić information content (AvgIpc) is 3.04. The van der Waals surface area contributed by atoms with E-state index in [-0.39, 0.29) is 16.3 Å². The van der Waals surface area contributed by atoms with Crippen molar-refractivity contribution < 1.29 is 28.3 Å². The zero-order chi connectivity index (χ0) is 22.8. The summed E-state index contributed by atoms with van der Waals surface area (Å²) >= 11 is 5.84. The maximum Gasteiger partial charge on any atom is 0.338 e. The van der Waals surface area contributed by atoms with E-state index in [0.29, 0.717) is 16.8 Å². The molecule has 160 valence electrons. The number of esters is 1. The van der Waals surface area contributed by atoms with Crippen molar-refractivity contribution in [3.05, 3.63) is 94.3 Å². The molecule has 4 rings (SSSR count). The van der Waals surface area contributed by atoms with Gasteiger partial charge in [-0.3, -0.25) is 14.4 Å². The molecular weight excluding hydrogens is 439 g/mol. The zero-order valence-corrected chi connectivity index (χ0v) is 17.1. The maximum atomic E-state index is 13.1. The van der Waals surface area contributed by atoms with Gasteiger partial charge in [0.05, 0.1) is 33.1 Å². The van der Waals surface area contributed by atoms with Gasteiger partial charge in [-0.25, -0.2) is 14.1 Å². The Labute approximate surface area is 186 Å². The molecule has 0 saturated heterocycles. The molecule has 0 spiro atoms. The van der Waals surface area contributed by atoms with Gasteiger partial charge in [0.2, 0.25) is 0 Å². The van der Waals surface area contributed by atoms with Crippen LogP contribution in [0.25, 0.3) is 0 Å². The van der Waals surface area contributed by atoms with Crippen LogP contribution < -0.4 is 10.2 Å². The molecule has 1 aliphatic heterocycles. The number of fused-ring (bicyclic) bond motifs is 1. The summed E-state index contributed by atoms with van der Waals surface area (Å²) in [7, 11) is 0. The molecular formula is C23H14ClFN2O5. The van der Waals surface area contributed by atoms with E-state index >= 15 is 0 Å². The SMILES string of the molecule is O=C(COC(=O)c1ccc(N2C(=O)c3ccccc3C2=O)cc1)Nc1ccc(F)cc1Cl. The third-order valence-corrected chi connectivity index (χ3v) is 5.01. The topological polar surface area (TPSA) is 92.8 Å². The van der Waals surface area contributed by atoms with E-state index in [4.69, 9.17) is 16.3 Å². The molecule has 0 aliphatic carbocycles. The number of ether oxygens (including phenoxy) is 1. The van der Waals surface area contributed by atoms with Crippen LogP contribution in [0.4, 0.5) is 15.8 Å². The molecule has 3 aromatic rings. The number of rotatable bonds is 5. The third kappa shape index (κ3) is 4.08. The molecule has 0 unspecified atom stereocenters. The number of amides is 3. The number of hydrogen-bond donors (Lipinski definition) is 1. The largest absolute Gasteiger partial charge is 0.452 e. The Bertz CT molecular complexity index is 1220. The van der Waals surface area contributed by atoms with Gasteiger partial charge in [0.25, 0.3) is 17.7 Å². The van der Waals surface area contributed by atoms with Gasteiger partial charge in [0.1, 0.15) is 5.82 Å². The lowest BCUT2D eigenvalue weighted by molar-refractivity contribution is -0.119. The number of nitrogens with one attached hydrogen (secondary N) is 1. The van der Waals surface area contributed by atoms with Gasteiger partial charge < -0.3 is 10.1 Å². The summed E-state index contributed by atoms with van der Waals surface area (Å²) in [6, 6.07) is 15.6. The third-order valence-electron chi connectivity index (χ3n) is 4.69. The Morgan fingerprint density at radius 2 is 1.56 bits per heavy atom. The van der Waals surface area contributed by atoms with Crippen LogP contribution in [-0.2, 0) is 9.53 Å². The lowest BCUT2D eigenvalue weighted by Gasteiger charge is -2.14.